The van der Waals surface area contributed by atoms with Crippen LogP contribution < -0.4 is 11.5 Å². The molecule has 0 spiro atoms. The van der Waals surface area contributed by atoms with Crippen molar-refractivity contribution in [2.24, 2.45) is 11.5 Å². The van der Waals surface area contributed by atoms with Crippen LogP contribution in [-0.2, 0) is 9.53 Å². The van der Waals surface area contributed by atoms with E-state index in [2.05, 4.69) is 0 Å². The minimum atomic E-state index is -0.318. The Morgan fingerprint density at radius 2 is 1.80 bits per heavy atom. The quantitative estimate of drug-likeness (QED) is 0.528. The van der Waals surface area contributed by atoms with Crippen LogP contribution in [0.2, 0.25) is 0 Å². The average molecular weight is 214 g/mol. The van der Waals surface area contributed by atoms with Crippen LogP contribution in [-0.4, -0.2) is 24.7 Å². The molecular weight excluding hydrogens is 192 g/mol. The highest BCUT2D eigenvalue weighted by Gasteiger charge is 2.26. The van der Waals surface area contributed by atoms with Gasteiger partial charge in [0.05, 0.1) is 13.2 Å². The van der Waals surface area contributed by atoms with Crippen molar-refractivity contribution in [2.75, 3.05) is 13.2 Å². The van der Waals surface area contributed by atoms with Gasteiger partial charge in [0, 0.05) is 12.0 Å². The molecule has 1 fully saturated rings. The first kappa shape index (κ1) is 12.5. The zero-order chi connectivity index (χ0) is 11.1. The number of carbonyl (C=O) groups excluding carboxylic acids is 1. The molecule has 0 aromatic carbocycles. The first-order chi connectivity index (χ1) is 7.12. The van der Waals surface area contributed by atoms with Crippen molar-refractivity contribution in [3.8, 4) is 0 Å². The number of nitrogens with two attached hydrogens (primary N) is 2. The second kappa shape index (κ2) is 6.08. The molecule has 15 heavy (non-hydrogen) atoms. The van der Waals surface area contributed by atoms with Gasteiger partial charge in [0.25, 0.3) is 0 Å². The minimum absolute atomic E-state index is 0.172. The van der Waals surface area contributed by atoms with Crippen LogP contribution in [0, 0.1) is 0 Å². The molecule has 4 nitrogen and oxygen atoms in total. The van der Waals surface area contributed by atoms with E-state index in [0.29, 0.717) is 13.2 Å². The highest BCUT2D eigenvalue weighted by atomic mass is 16.5. The third kappa shape index (κ3) is 5.14. The summed E-state index contributed by atoms with van der Waals surface area (Å²) < 4.78 is 5.42. The Morgan fingerprint density at radius 3 is 2.33 bits per heavy atom. The lowest BCUT2D eigenvalue weighted by Gasteiger charge is -2.27. The van der Waals surface area contributed by atoms with Crippen LogP contribution in [0.3, 0.4) is 0 Å². The molecule has 1 aliphatic rings. The number of ether oxygens (including phenoxy) is 1. The predicted molar refractivity (Wildman–Crippen MR) is 59.3 cm³/mol. The van der Waals surface area contributed by atoms with Gasteiger partial charge in [-0.3, -0.25) is 4.79 Å². The molecule has 4 N–H and O–H groups in total. The van der Waals surface area contributed by atoms with E-state index in [0.717, 1.165) is 12.8 Å². The average Bonchev–Trinajstić information content (AvgIpc) is 2.38. The van der Waals surface area contributed by atoms with Gasteiger partial charge in [-0.25, -0.2) is 0 Å². The van der Waals surface area contributed by atoms with Gasteiger partial charge in [-0.15, -0.1) is 0 Å². The Hall–Kier alpha value is -0.610. The molecule has 0 radical (unpaired) electrons. The molecule has 1 amide bonds. The lowest BCUT2D eigenvalue weighted by molar-refractivity contribution is -0.119. The zero-order valence-electron chi connectivity index (χ0n) is 9.34. The lowest BCUT2D eigenvalue weighted by Crippen LogP contribution is -2.44. The number of rotatable bonds is 5. The Morgan fingerprint density at radius 1 is 1.20 bits per heavy atom. The molecule has 1 aliphatic carbocycles. The fourth-order valence-electron chi connectivity index (χ4n) is 2.03. The second-order valence-electron chi connectivity index (χ2n) is 4.55. The maximum atomic E-state index is 10.5. The number of primary amides is 1. The van der Waals surface area contributed by atoms with E-state index >= 15 is 0 Å². The van der Waals surface area contributed by atoms with Crippen molar-refractivity contribution >= 4 is 5.91 Å². The summed E-state index contributed by atoms with van der Waals surface area (Å²) in [6.45, 7) is 0.953. The molecule has 0 unspecified atom stereocenters. The summed E-state index contributed by atoms with van der Waals surface area (Å²) in [6, 6.07) is 0. The fraction of sp³-hybridized carbons (Fsp3) is 0.909. The largest absolute Gasteiger partial charge is 0.379 e. The maximum Gasteiger partial charge on any atom is 0.219 e. The first-order valence-electron chi connectivity index (χ1n) is 5.77. The van der Waals surface area contributed by atoms with Crippen molar-refractivity contribution in [3.63, 3.8) is 0 Å². The lowest BCUT2D eigenvalue weighted by atomic mass is 9.93. The van der Waals surface area contributed by atoms with Crippen molar-refractivity contribution in [1.82, 2.24) is 0 Å². The van der Waals surface area contributed by atoms with Crippen LogP contribution in [0.15, 0.2) is 0 Å². The van der Waals surface area contributed by atoms with E-state index < -0.39 is 0 Å². The number of hydrogen-bond acceptors (Lipinski definition) is 3. The predicted octanol–water partition coefficient (Wildman–Crippen LogP) is 0.930. The molecule has 4 heteroatoms. The van der Waals surface area contributed by atoms with Crippen LogP contribution in [0.1, 0.15) is 44.9 Å². The first-order valence-corrected chi connectivity index (χ1v) is 5.77. The Bertz CT molecular complexity index is 199. The highest BCUT2D eigenvalue weighted by molar-refractivity contribution is 5.73. The van der Waals surface area contributed by atoms with Gasteiger partial charge in [-0.05, 0) is 12.8 Å². The third-order valence-corrected chi connectivity index (χ3v) is 2.98. The molecule has 1 saturated carbocycles. The van der Waals surface area contributed by atoms with E-state index in [9.17, 15) is 4.79 Å². The zero-order valence-corrected chi connectivity index (χ0v) is 9.34. The summed E-state index contributed by atoms with van der Waals surface area (Å²) in [7, 11) is 0. The third-order valence-electron chi connectivity index (χ3n) is 2.98. The fourth-order valence-corrected chi connectivity index (χ4v) is 2.03. The van der Waals surface area contributed by atoms with E-state index in [-0.39, 0.29) is 17.9 Å². The van der Waals surface area contributed by atoms with E-state index in [4.69, 9.17) is 16.2 Å². The van der Waals surface area contributed by atoms with Crippen molar-refractivity contribution < 1.29 is 9.53 Å². The summed E-state index contributed by atoms with van der Waals surface area (Å²) >= 11 is 0. The second-order valence-corrected chi connectivity index (χ2v) is 4.55. The van der Waals surface area contributed by atoms with Gasteiger partial charge in [-0.1, -0.05) is 25.7 Å². The van der Waals surface area contributed by atoms with Gasteiger partial charge < -0.3 is 16.2 Å². The SMILES string of the molecule is NC(=O)CCOCC1(N)CCCCCC1. The van der Waals surface area contributed by atoms with Gasteiger partial charge in [-0.2, -0.15) is 0 Å². The van der Waals surface area contributed by atoms with Crippen molar-refractivity contribution in [1.29, 1.82) is 0 Å². The van der Waals surface area contributed by atoms with E-state index in [1.54, 1.807) is 0 Å². The van der Waals surface area contributed by atoms with Crippen LogP contribution in [0.4, 0.5) is 0 Å². The van der Waals surface area contributed by atoms with Crippen LogP contribution in [0.25, 0.3) is 0 Å². The smallest absolute Gasteiger partial charge is 0.219 e. The summed E-state index contributed by atoms with van der Waals surface area (Å²) in [5.74, 6) is -0.318. The Balaban J connectivity index is 2.19. The van der Waals surface area contributed by atoms with Crippen LogP contribution in [0.5, 0.6) is 0 Å². The molecule has 0 aromatic heterocycles. The minimum Gasteiger partial charge on any atom is -0.379 e. The van der Waals surface area contributed by atoms with Crippen molar-refractivity contribution in [2.45, 2.75) is 50.5 Å². The molecular formula is C11H22N2O2. The normalized spacial score (nSPS) is 20.9. The molecule has 88 valence electrons. The van der Waals surface area contributed by atoms with Gasteiger partial charge in [0.15, 0.2) is 0 Å². The summed E-state index contributed by atoms with van der Waals surface area (Å²) in [6.07, 6.45) is 7.29. The summed E-state index contributed by atoms with van der Waals surface area (Å²) in [5.41, 5.74) is 11.1. The molecule has 1 rings (SSSR count). The van der Waals surface area contributed by atoms with E-state index in [1.165, 1.54) is 25.7 Å². The number of hydrogen-bond donors (Lipinski definition) is 2. The monoisotopic (exact) mass is 214 g/mol. The Kier molecular flexibility index (Phi) is 5.05. The molecule has 0 aromatic rings. The number of carbonyl (C=O) groups is 1. The molecule has 0 bridgehead atoms. The molecule has 0 aliphatic heterocycles. The standard InChI is InChI=1S/C11H22N2O2/c12-10(14)5-8-15-9-11(13)6-3-1-2-4-7-11/h1-9,13H2,(H2,12,14). The van der Waals surface area contributed by atoms with Gasteiger partial charge >= 0.3 is 0 Å². The topological polar surface area (TPSA) is 78.3 Å². The van der Waals surface area contributed by atoms with Gasteiger partial charge in [0.1, 0.15) is 0 Å². The summed E-state index contributed by atoms with van der Waals surface area (Å²) in [5, 5.41) is 0. The van der Waals surface area contributed by atoms with Crippen molar-refractivity contribution in [3.05, 3.63) is 0 Å². The number of amides is 1. The molecule has 0 saturated heterocycles. The van der Waals surface area contributed by atoms with Crippen LogP contribution >= 0.6 is 0 Å². The highest BCUT2D eigenvalue weighted by Crippen LogP contribution is 2.25. The molecule has 0 heterocycles. The Labute approximate surface area is 91.3 Å². The summed E-state index contributed by atoms with van der Waals surface area (Å²) in [4.78, 5) is 10.5. The van der Waals surface area contributed by atoms with Gasteiger partial charge in [0.2, 0.25) is 5.91 Å². The van der Waals surface area contributed by atoms with E-state index in [1.807, 2.05) is 0 Å². The molecule has 0 atom stereocenters. The maximum absolute atomic E-state index is 10.5.